The number of amides is 1. The average Bonchev–Trinajstić information content (AvgIpc) is 3.35. The van der Waals surface area contributed by atoms with E-state index >= 15 is 0 Å². The Balaban J connectivity index is 1.89. The van der Waals surface area contributed by atoms with Crippen LogP contribution >= 0.6 is 11.3 Å². The van der Waals surface area contributed by atoms with Crippen molar-refractivity contribution in [2.24, 2.45) is 0 Å². The SMILES string of the molecule is CCC(C(=O)NCCOC)n1cccc(-c2nc(-c3ccsc3)no2)c1=O. The number of methoxy groups -OCH3 is 1. The first-order valence-corrected chi connectivity index (χ1v) is 9.44. The van der Waals surface area contributed by atoms with E-state index in [1.807, 2.05) is 23.8 Å². The topological polar surface area (TPSA) is 99.2 Å². The van der Waals surface area contributed by atoms with Crippen LogP contribution in [-0.4, -0.2) is 40.9 Å². The van der Waals surface area contributed by atoms with E-state index in [-0.39, 0.29) is 22.9 Å². The number of rotatable bonds is 8. The smallest absolute Gasteiger partial charge is 0.264 e. The molecular formula is C18H20N4O4S. The number of nitrogens with zero attached hydrogens (tertiary/aromatic N) is 3. The zero-order valence-electron chi connectivity index (χ0n) is 15.0. The molecule has 142 valence electrons. The largest absolute Gasteiger partial charge is 0.383 e. The molecule has 1 atom stereocenters. The number of hydrogen-bond donors (Lipinski definition) is 1. The number of ether oxygens (including phenoxy) is 1. The van der Waals surface area contributed by atoms with Gasteiger partial charge in [-0.1, -0.05) is 12.1 Å². The lowest BCUT2D eigenvalue weighted by molar-refractivity contribution is -0.124. The Hall–Kier alpha value is -2.78. The van der Waals surface area contributed by atoms with Gasteiger partial charge in [0.1, 0.15) is 11.6 Å². The van der Waals surface area contributed by atoms with E-state index < -0.39 is 6.04 Å². The molecule has 8 nitrogen and oxygen atoms in total. The minimum Gasteiger partial charge on any atom is -0.383 e. The molecule has 0 aliphatic heterocycles. The van der Waals surface area contributed by atoms with Crippen LogP contribution in [0.4, 0.5) is 0 Å². The molecule has 0 fully saturated rings. The summed E-state index contributed by atoms with van der Waals surface area (Å²) in [5.41, 5.74) is 0.733. The van der Waals surface area contributed by atoms with Gasteiger partial charge in [0.05, 0.1) is 6.61 Å². The normalized spacial score (nSPS) is 12.1. The Bertz CT molecular complexity index is 948. The lowest BCUT2D eigenvalue weighted by atomic mass is 10.1. The minimum atomic E-state index is -0.631. The number of pyridine rings is 1. The van der Waals surface area contributed by atoms with Gasteiger partial charge >= 0.3 is 0 Å². The van der Waals surface area contributed by atoms with E-state index in [0.717, 1.165) is 5.56 Å². The van der Waals surface area contributed by atoms with E-state index in [1.54, 1.807) is 25.4 Å². The fourth-order valence-corrected chi connectivity index (χ4v) is 3.30. The third kappa shape index (κ3) is 4.15. The quantitative estimate of drug-likeness (QED) is 0.595. The maximum atomic E-state index is 12.9. The van der Waals surface area contributed by atoms with Gasteiger partial charge in [-0.2, -0.15) is 16.3 Å². The third-order valence-electron chi connectivity index (χ3n) is 4.04. The first-order chi connectivity index (χ1) is 13.2. The molecule has 0 saturated heterocycles. The molecule has 3 aromatic heterocycles. The fourth-order valence-electron chi connectivity index (χ4n) is 2.66. The summed E-state index contributed by atoms with van der Waals surface area (Å²) in [6, 6.07) is 4.55. The highest BCUT2D eigenvalue weighted by atomic mass is 32.1. The third-order valence-corrected chi connectivity index (χ3v) is 4.72. The molecule has 1 N–H and O–H groups in total. The van der Waals surface area contributed by atoms with Crippen LogP contribution in [0.1, 0.15) is 19.4 Å². The minimum absolute atomic E-state index is 0.130. The van der Waals surface area contributed by atoms with Crippen molar-refractivity contribution in [3.63, 3.8) is 0 Å². The number of carbonyl (C=O) groups excluding carboxylic acids is 1. The van der Waals surface area contributed by atoms with Gasteiger partial charge in [-0.15, -0.1) is 0 Å². The predicted octanol–water partition coefficient (Wildman–Crippen LogP) is 2.34. The number of nitrogens with one attached hydrogen (secondary N) is 1. The van der Waals surface area contributed by atoms with Crippen molar-refractivity contribution in [3.8, 4) is 22.8 Å². The van der Waals surface area contributed by atoms with Gasteiger partial charge in [0.15, 0.2) is 0 Å². The molecule has 1 amide bonds. The van der Waals surface area contributed by atoms with Crippen molar-refractivity contribution in [1.82, 2.24) is 20.0 Å². The maximum absolute atomic E-state index is 12.9. The van der Waals surface area contributed by atoms with Crippen LogP contribution in [0.3, 0.4) is 0 Å². The maximum Gasteiger partial charge on any atom is 0.264 e. The van der Waals surface area contributed by atoms with Crippen LogP contribution in [-0.2, 0) is 9.53 Å². The van der Waals surface area contributed by atoms with Crippen molar-refractivity contribution >= 4 is 17.2 Å². The summed E-state index contributed by atoms with van der Waals surface area (Å²) in [6.45, 7) is 2.64. The van der Waals surface area contributed by atoms with Crippen LogP contribution < -0.4 is 10.9 Å². The molecule has 0 aliphatic rings. The van der Waals surface area contributed by atoms with Crippen LogP contribution in [0.25, 0.3) is 22.8 Å². The summed E-state index contributed by atoms with van der Waals surface area (Å²) in [6.07, 6.45) is 2.05. The number of thiophene rings is 1. The van der Waals surface area contributed by atoms with Gasteiger partial charge in [-0.3, -0.25) is 9.59 Å². The molecule has 27 heavy (non-hydrogen) atoms. The van der Waals surface area contributed by atoms with Gasteiger partial charge in [0, 0.05) is 30.8 Å². The molecule has 3 heterocycles. The number of hydrogen-bond acceptors (Lipinski definition) is 7. The molecule has 9 heteroatoms. The van der Waals surface area contributed by atoms with Crippen molar-refractivity contribution < 1.29 is 14.1 Å². The lowest BCUT2D eigenvalue weighted by Gasteiger charge is -2.18. The summed E-state index contributed by atoms with van der Waals surface area (Å²) < 4.78 is 11.6. The second-order valence-electron chi connectivity index (χ2n) is 5.78. The molecular weight excluding hydrogens is 368 g/mol. The molecule has 0 spiro atoms. The Labute approximate surface area is 159 Å². The highest BCUT2D eigenvalue weighted by Gasteiger charge is 2.22. The molecule has 0 bridgehead atoms. The van der Waals surface area contributed by atoms with Gasteiger partial charge < -0.3 is 19.1 Å². The van der Waals surface area contributed by atoms with Gasteiger partial charge in [0.2, 0.25) is 11.7 Å². The molecule has 0 aliphatic carbocycles. The van der Waals surface area contributed by atoms with Crippen LogP contribution in [0.5, 0.6) is 0 Å². The molecule has 3 rings (SSSR count). The molecule has 1 unspecified atom stereocenters. The van der Waals surface area contributed by atoms with Crippen molar-refractivity contribution in [3.05, 3.63) is 45.5 Å². The first kappa shape index (κ1) is 19.0. The standard InChI is InChI=1S/C18H20N4O4S/c1-3-14(16(23)19-7-9-25-2)22-8-4-5-13(18(22)24)17-20-15(21-26-17)12-6-10-27-11-12/h4-6,8,10-11,14H,3,7,9H2,1-2H3,(H,19,23). The van der Waals surface area contributed by atoms with Crippen LogP contribution in [0.2, 0.25) is 0 Å². The number of carbonyl (C=O) groups is 1. The Morgan fingerprint density at radius 2 is 2.30 bits per heavy atom. The average molecular weight is 388 g/mol. The van der Waals surface area contributed by atoms with Gasteiger partial charge in [-0.05, 0) is 30.0 Å². The second kappa shape index (κ2) is 8.74. The molecule has 0 aromatic carbocycles. The Morgan fingerprint density at radius 3 is 3.00 bits per heavy atom. The van der Waals surface area contributed by atoms with E-state index in [4.69, 9.17) is 9.26 Å². The van der Waals surface area contributed by atoms with Crippen molar-refractivity contribution in [1.29, 1.82) is 0 Å². The molecule has 0 radical (unpaired) electrons. The summed E-state index contributed by atoms with van der Waals surface area (Å²) in [5.74, 6) is 0.314. The van der Waals surface area contributed by atoms with E-state index in [1.165, 1.54) is 15.9 Å². The van der Waals surface area contributed by atoms with Gasteiger partial charge in [-0.25, -0.2) is 0 Å². The highest BCUT2D eigenvalue weighted by molar-refractivity contribution is 7.08. The Kier molecular flexibility index (Phi) is 6.15. The van der Waals surface area contributed by atoms with E-state index in [0.29, 0.717) is 25.4 Å². The van der Waals surface area contributed by atoms with Crippen LogP contribution in [0, 0.1) is 0 Å². The second-order valence-corrected chi connectivity index (χ2v) is 6.56. The first-order valence-electron chi connectivity index (χ1n) is 8.50. The fraction of sp³-hybridized carbons (Fsp3) is 0.333. The lowest BCUT2D eigenvalue weighted by Crippen LogP contribution is -2.38. The zero-order chi connectivity index (χ0) is 19.2. The van der Waals surface area contributed by atoms with Crippen LogP contribution in [0.15, 0.2) is 44.5 Å². The van der Waals surface area contributed by atoms with E-state index in [9.17, 15) is 9.59 Å². The molecule has 3 aromatic rings. The Morgan fingerprint density at radius 1 is 1.44 bits per heavy atom. The number of aromatic nitrogens is 3. The predicted molar refractivity (Wildman–Crippen MR) is 102 cm³/mol. The molecule has 0 saturated carbocycles. The summed E-state index contributed by atoms with van der Waals surface area (Å²) in [5, 5.41) is 10.5. The van der Waals surface area contributed by atoms with E-state index in [2.05, 4.69) is 15.5 Å². The van der Waals surface area contributed by atoms with Crippen molar-refractivity contribution in [2.45, 2.75) is 19.4 Å². The zero-order valence-corrected chi connectivity index (χ0v) is 15.9. The monoisotopic (exact) mass is 388 g/mol. The summed E-state index contributed by atoms with van der Waals surface area (Å²) in [4.78, 5) is 29.7. The summed E-state index contributed by atoms with van der Waals surface area (Å²) >= 11 is 1.52. The highest BCUT2D eigenvalue weighted by Crippen LogP contribution is 2.22. The van der Waals surface area contributed by atoms with Crippen molar-refractivity contribution in [2.75, 3.05) is 20.3 Å². The summed E-state index contributed by atoms with van der Waals surface area (Å²) in [7, 11) is 1.56. The van der Waals surface area contributed by atoms with Gasteiger partial charge in [0.25, 0.3) is 11.4 Å².